The minimum atomic E-state index is -0.414. The van der Waals surface area contributed by atoms with Crippen molar-refractivity contribution >= 4 is 51.1 Å². The summed E-state index contributed by atoms with van der Waals surface area (Å²) in [5.41, 5.74) is 3.61. The Balaban J connectivity index is 1.72. The number of benzene rings is 2. The Bertz CT molecular complexity index is 1030. The van der Waals surface area contributed by atoms with Crippen molar-refractivity contribution in [2.75, 3.05) is 14.2 Å². The molecular formula is C19H15ClN2O4S. The van der Waals surface area contributed by atoms with Crippen LogP contribution in [0.3, 0.4) is 0 Å². The summed E-state index contributed by atoms with van der Waals surface area (Å²) in [5, 5.41) is 5.11. The first-order chi connectivity index (χ1) is 13.0. The average molecular weight is 403 g/mol. The predicted octanol–water partition coefficient (Wildman–Crippen LogP) is 4.11. The molecule has 2 aromatic carbocycles. The van der Waals surface area contributed by atoms with Crippen LogP contribution in [0.5, 0.6) is 5.75 Å². The number of nitrogens with one attached hydrogen (secondary N) is 1. The van der Waals surface area contributed by atoms with Crippen LogP contribution in [-0.2, 0) is 4.74 Å². The lowest BCUT2D eigenvalue weighted by Gasteiger charge is -2.00. The van der Waals surface area contributed by atoms with E-state index in [2.05, 4.69) is 15.3 Å². The molecule has 0 aliphatic carbocycles. The van der Waals surface area contributed by atoms with Crippen LogP contribution >= 0.6 is 22.9 Å². The molecule has 0 fully saturated rings. The van der Waals surface area contributed by atoms with E-state index in [1.54, 1.807) is 37.4 Å². The number of hydrazone groups is 1. The zero-order valence-electron chi connectivity index (χ0n) is 14.5. The van der Waals surface area contributed by atoms with Gasteiger partial charge in [0.1, 0.15) is 10.6 Å². The summed E-state index contributed by atoms with van der Waals surface area (Å²) in [6.45, 7) is 0. The highest BCUT2D eigenvalue weighted by Crippen LogP contribution is 2.37. The van der Waals surface area contributed by atoms with Crippen LogP contribution in [0.25, 0.3) is 10.1 Å². The summed E-state index contributed by atoms with van der Waals surface area (Å²) in [6, 6.07) is 12.1. The first kappa shape index (κ1) is 18.9. The number of halogens is 1. The van der Waals surface area contributed by atoms with Gasteiger partial charge in [0.2, 0.25) is 0 Å². The summed E-state index contributed by atoms with van der Waals surface area (Å²) in [7, 11) is 2.90. The van der Waals surface area contributed by atoms with E-state index in [4.69, 9.17) is 16.3 Å². The molecule has 1 amide bonds. The average Bonchev–Trinajstić information content (AvgIpc) is 3.03. The fourth-order valence-corrected chi connectivity index (χ4v) is 3.79. The highest BCUT2D eigenvalue weighted by Gasteiger charge is 2.17. The molecule has 6 nitrogen and oxygen atoms in total. The van der Waals surface area contributed by atoms with E-state index in [-0.39, 0.29) is 0 Å². The van der Waals surface area contributed by atoms with Crippen molar-refractivity contribution in [2.24, 2.45) is 5.10 Å². The van der Waals surface area contributed by atoms with Crippen LogP contribution in [0.4, 0.5) is 0 Å². The summed E-state index contributed by atoms with van der Waals surface area (Å²) < 4.78 is 10.7. The van der Waals surface area contributed by atoms with Crippen LogP contribution in [-0.4, -0.2) is 32.3 Å². The number of methoxy groups -OCH3 is 2. The molecule has 0 atom stereocenters. The van der Waals surface area contributed by atoms with Gasteiger partial charge in [0.25, 0.3) is 5.91 Å². The van der Waals surface area contributed by atoms with Crippen molar-refractivity contribution in [3.8, 4) is 5.75 Å². The second-order valence-electron chi connectivity index (χ2n) is 5.42. The molecule has 3 rings (SSSR count). The van der Waals surface area contributed by atoms with Crippen molar-refractivity contribution in [1.29, 1.82) is 0 Å². The molecule has 8 heteroatoms. The van der Waals surface area contributed by atoms with Gasteiger partial charge in [0.05, 0.1) is 31.0 Å². The molecule has 0 aliphatic rings. The lowest BCUT2D eigenvalue weighted by molar-refractivity contribution is 0.0600. The van der Waals surface area contributed by atoms with Gasteiger partial charge in [0, 0.05) is 10.1 Å². The van der Waals surface area contributed by atoms with Gasteiger partial charge in [-0.2, -0.15) is 5.10 Å². The smallest absolute Gasteiger partial charge is 0.337 e. The highest BCUT2D eigenvalue weighted by atomic mass is 35.5. The fraction of sp³-hybridized carbons (Fsp3) is 0.105. The third kappa shape index (κ3) is 4.10. The molecule has 0 saturated heterocycles. The number of esters is 1. The van der Waals surface area contributed by atoms with Crippen LogP contribution in [0, 0.1) is 0 Å². The van der Waals surface area contributed by atoms with E-state index in [1.807, 2.05) is 12.1 Å². The van der Waals surface area contributed by atoms with Gasteiger partial charge in [-0.1, -0.05) is 23.7 Å². The van der Waals surface area contributed by atoms with Gasteiger partial charge in [-0.05, 0) is 35.9 Å². The van der Waals surface area contributed by atoms with Crippen LogP contribution < -0.4 is 10.2 Å². The monoisotopic (exact) mass is 402 g/mol. The number of ether oxygens (including phenoxy) is 2. The summed E-state index contributed by atoms with van der Waals surface area (Å²) >= 11 is 7.58. The molecule has 138 valence electrons. The summed E-state index contributed by atoms with van der Waals surface area (Å²) in [5.74, 6) is -0.119. The number of hydrogen-bond acceptors (Lipinski definition) is 6. The number of fused-ring (bicyclic) bond motifs is 1. The minimum absolute atomic E-state index is 0.373. The van der Waals surface area contributed by atoms with Crippen LogP contribution in [0.2, 0.25) is 5.02 Å². The standard InChI is InChI=1S/C19H15ClN2O4S/c1-25-13-7-8-14-15(9-13)27-17(16(14)20)18(23)22-21-10-11-3-5-12(6-4-11)19(24)26-2/h3-10H,1-2H3,(H,22,23)/b21-10-. The number of hydrogen-bond donors (Lipinski definition) is 1. The number of amides is 1. The maximum absolute atomic E-state index is 12.4. The quantitative estimate of drug-likeness (QED) is 0.395. The van der Waals surface area contributed by atoms with Gasteiger partial charge < -0.3 is 9.47 Å². The van der Waals surface area contributed by atoms with E-state index in [9.17, 15) is 9.59 Å². The predicted molar refractivity (Wildman–Crippen MR) is 106 cm³/mol. The molecule has 1 N–H and O–H groups in total. The molecular weight excluding hydrogens is 388 g/mol. The van der Waals surface area contributed by atoms with Crippen LogP contribution in [0.1, 0.15) is 25.6 Å². The Morgan fingerprint density at radius 2 is 1.89 bits per heavy atom. The maximum atomic E-state index is 12.4. The molecule has 0 radical (unpaired) electrons. The number of carbonyl (C=O) groups excluding carboxylic acids is 2. The Kier molecular flexibility index (Phi) is 5.73. The lowest BCUT2D eigenvalue weighted by Crippen LogP contribution is -2.16. The first-order valence-electron chi connectivity index (χ1n) is 7.81. The summed E-state index contributed by atoms with van der Waals surface area (Å²) in [4.78, 5) is 24.1. The van der Waals surface area contributed by atoms with Crippen molar-refractivity contribution in [3.63, 3.8) is 0 Å². The van der Waals surface area contributed by atoms with E-state index >= 15 is 0 Å². The number of nitrogens with zero attached hydrogens (tertiary/aromatic N) is 1. The Hall–Kier alpha value is -2.90. The Morgan fingerprint density at radius 3 is 2.56 bits per heavy atom. The van der Waals surface area contributed by atoms with Gasteiger partial charge >= 0.3 is 5.97 Å². The molecule has 0 spiro atoms. The van der Waals surface area contributed by atoms with Gasteiger partial charge in [-0.15, -0.1) is 11.3 Å². The molecule has 1 aromatic heterocycles. The minimum Gasteiger partial charge on any atom is -0.497 e. The second kappa shape index (κ2) is 8.20. The molecule has 0 saturated carbocycles. The SMILES string of the molecule is COC(=O)c1ccc(/C=N\NC(=O)c2sc3cc(OC)ccc3c2Cl)cc1. The van der Waals surface area contributed by atoms with Gasteiger partial charge in [0.15, 0.2) is 0 Å². The molecule has 3 aromatic rings. The maximum Gasteiger partial charge on any atom is 0.337 e. The topological polar surface area (TPSA) is 77.0 Å². The molecule has 0 bridgehead atoms. The van der Waals surface area contributed by atoms with Gasteiger partial charge in [-0.25, -0.2) is 10.2 Å². The summed E-state index contributed by atoms with van der Waals surface area (Å²) in [6.07, 6.45) is 1.48. The fourth-order valence-electron chi connectivity index (χ4n) is 2.36. The van der Waals surface area contributed by atoms with Crippen molar-refractivity contribution in [1.82, 2.24) is 5.43 Å². The van der Waals surface area contributed by atoms with Crippen molar-refractivity contribution in [3.05, 3.63) is 63.5 Å². The Morgan fingerprint density at radius 1 is 1.15 bits per heavy atom. The molecule has 0 aliphatic heterocycles. The number of carbonyl (C=O) groups is 2. The number of thiophene rings is 1. The van der Waals surface area contributed by atoms with E-state index in [0.717, 1.165) is 15.6 Å². The zero-order chi connectivity index (χ0) is 19.4. The first-order valence-corrected chi connectivity index (χ1v) is 9.00. The lowest BCUT2D eigenvalue weighted by atomic mass is 10.1. The molecule has 1 heterocycles. The largest absolute Gasteiger partial charge is 0.497 e. The van der Waals surface area contributed by atoms with E-state index in [0.29, 0.717) is 21.2 Å². The zero-order valence-corrected chi connectivity index (χ0v) is 16.1. The molecule has 0 unspecified atom stereocenters. The third-order valence-corrected chi connectivity index (χ3v) is 5.41. The number of rotatable bonds is 5. The van der Waals surface area contributed by atoms with Crippen LogP contribution in [0.15, 0.2) is 47.6 Å². The molecule has 27 heavy (non-hydrogen) atoms. The van der Waals surface area contributed by atoms with E-state index in [1.165, 1.54) is 24.7 Å². The van der Waals surface area contributed by atoms with Gasteiger partial charge in [-0.3, -0.25) is 4.79 Å². The normalized spacial score (nSPS) is 10.9. The second-order valence-corrected chi connectivity index (χ2v) is 6.85. The highest BCUT2D eigenvalue weighted by molar-refractivity contribution is 7.21. The Labute approximate surface area is 164 Å². The van der Waals surface area contributed by atoms with Crippen molar-refractivity contribution < 1.29 is 19.1 Å². The van der Waals surface area contributed by atoms with E-state index < -0.39 is 11.9 Å². The third-order valence-electron chi connectivity index (χ3n) is 3.75. The van der Waals surface area contributed by atoms with Crippen molar-refractivity contribution in [2.45, 2.75) is 0 Å².